The molecule has 1 aromatic carbocycles. The number of carboxylic acid groups (broad SMARTS) is 1. The Morgan fingerprint density at radius 2 is 1.91 bits per heavy atom. The monoisotopic (exact) mass is 323 g/mol. The van der Waals surface area contributed by atoms with Crippen molar-refractivity contribution in [2.24, 2.45) is 5.92 Å². The Bertz CT molecular complexity index is 645. The molecule has 0 aromatic heterocycles. The average molecular weight is 323 g/mol. The topological polar surface area (TPSA) is 83.9 Å². The molecule has 0 bridgehead atoms. The van der Waals surface area contributed by atoms with Crippen LogP contribution >= 0.6 is 0 Å². The summed E-state index contributed by atoms with van der Waals surface area (Å²) in [5.41, 5.74) is -0.154. The van der Waals surface area contributed by atoms with E-state index in [0.29, 0.717) is 12.8 Å². The second-order valence-corrected chi connectivity index (χ2v) is 5.62. The molecule has 1 aliphatic heterocycles. The standard InChI is InChI=1S/C16H18FNO5/c1-9-4-3-5-18(13(9)15(20)21)14(19)10-6-11(16(22)23-2)8-12(17)7-10/h6-9,13H,3-5H2,1-2H3,(H,20,21). The van der Waals surface area contributed by atoms with Crippen molar-refractivity contribution in [3.63, 3.8) is 0 Å². The highest BCUT2D eigenvalue weighted by atomic mass is 19.1. The lowest BCUT2D eigenvalue weighted by Crippen LogP contribution is -2.51. The maximum atomic E-state index is 13.7. The summed E-state index contributed by atoms with van der Waals surface area (Å²) in [6.07, 6.45) is 1.38. The van der Waals surface area contributed by atoms with E-state index in [4.69, 9.17) is 0 Å². The summed E-state index contributed by atoms with van der Waals surface area (Å²) in [7, 11) is 1.15. The largest absolute Gasteiger partial charge is 0.480 e. The number of carbonyl (C=O) groups is 3. The molecule has 6 nitrogen and oxygen atoms in total. The van der Waals surface area contributed by atoms with E-state index in [1.54, 1.807) is 6.92 Å². The van der Waals surface area contributed by atoms with Crippen molar-refractivity contribution in [3.8, 4) is 0 Å². The van der Waals surface area contributed by atoms with Crippen LogP contribution in [-0.4, -0.2) is 47.5 Å². The third-order valence-electron chi connectivity index (χ3n) is 4.01. The van der Waals surface area contributed by atoms with Gasteiger partial charge < -0.3 is 14.7 Å². The predicted octanol–water partition coefficient (Wildman–Crippen LogP) is 1.94. The number of nitrogens with zero attached hydrogens (tertiary/aromatic N) is 1. The molecule has 124 valence electrons. The van der Waals surface area contributed by atoms with Crippen molar-refractivity contribution in [2.75, 3.05) is 13.7 Å². The van der Waals surface area contributed by atoms with Crippen molar-refractivity contribution >= 4 is 17.8 Å². The van der Waals surface area contributed by atoms with Crippen LogP contribution in [0.25, 0.3) is 0 Å². The zero-order valence-electron chi connectivity index (χ0n) is 12.9. The second kappa shape index (κ2) is 6.76. The first-order chi connectivity index (χ1) is 10.8. The lowest BCUT2D eigenvalue weighted by Gasteiger charge is -2.37. The minimum absolute atomic E-state index is 0.0641. The highest BCUT2D eigenvalue weighted by Crippen LogP contribution is 2.25. The Kier molecular flexibility index (Phi) is 4.98. The van der Waals surface area contributed by atoms with Gasteiger partial charge in [0.2, 0.25) is 0 Å². The van der Waals surface area contributed by atoms with Crippen LogP contribution in [0.3, 0.4) is 0 Å². The lowest BCUT2D eigenvalue weighted by molar-refractivity contribution is -0.145. The average Bonchev–Trinajstić information content (AvgIpc) is 2.52. The molecule has 2 rings (SSSR count). The number of carboxylic acids is 1. The Morgan fingerprint density at radius 1 is 1.26 bits per heavy atom. The van der Waals surface area contributed by atoms with Crippen LogP contribution in [0.1, 0.15) is 40.5 Å². The lowest BCUT2D eigenvalue weighted by atomic mass is 9.90. The summed E-state index contributed by atoms with van der Waals surface area (Å²) < 4.78 is 18.2. The quantitative estimate of drug-likeness (QED) is 0.859. The first-order valence-corrected chi connectivity index (χ1v) is 7.28. The first-order valence-electron chi connectivity index (χ1n) is 7.28. The summed E-state index contributed by atoms with van der Waals surface area (Å²) in [5.74, 6) is -3.41. The number of esters is 1. The molecule has 1 N–H and O–H groups in total. The molecule has 23 heavy (non-hydrogen) atoms. The normalized spacial score (nSPS) is 20.9. The van der Waals surface area contributed by atoms with Gasteiger partial charge in [-0.25, -0.2) is 14.0 Å². The molecule has 2 unspecified atom stereocenters. The van der Waals surface area contributed by atoms with Crippen LogP contribution in [0, 0.1) is 11.7 Å². The molecule has 1 aliphatic rings. The highest BCUT2D eigenvalue weighted by Gasteiger charge is 2.37. The molecule has 2 atom stereocenters. The van der Waals surface area contributed by atoms with Gasteiger partial charge in [0.05, 0.1) is 12.7 Å². The van der Waals surface area contributed by atoms with E-state index in [1.165, 1.54) is 11.0 Å². The fourth-order valence-electron chi connectivity index (χ4n) is 2.91. The van der Waals surface area contributed by atoms with Gasteiger partial charge in [-0.15, -0.1) is 0 Å². The van der Waals surface area contributed by atoms with E-state index in [1.807, 2.05) is 0 Å². The van der Waals surface area contributed by atoms with Gasteiger partial charge in [0.1, 0.15) is 11.9 Å². The van der Waals surface area contributed by atoms with Crippen LogP contribution in [0.5, 0.6) is 0 Å². The van der Waals surface area contributed by atoms with Gasteiger partial charge in [-0.05, 0) is 37.0 Å². The third-order valence-corrected chi connectivity index (χ3v) is 4.01. The zero-order chi connectivity index (χ0) is 17.1. The Morgan fingerprint density at radius 3 is 2.52 bits per heavy atom. The van der Waals surface area contributed by atoms with Crippen molar-refractivity contribution in [1.29, 1.82) is 0 Å². The van der Waals surface area contributed by atoms with Gasteiger partial charge in [-0.3, -0.25) is 4.79 Å². The number of rotatable bonds is 3. The number of aliphatic carboxylic acids is 1. The molecule has 0 radical (unpaired) electrons. The second-order valence-electron chi connectivity index (χ2n) is 5.62. The number of amides is 1. The van der Waals surface area contributed by atoms with E-state index in [0.717, 1.165) is 19.2 Å². The van der Waals surface area contributed by atoms with E-state index < -0.39 is 29.7 Å². The predicted molar refractivity (Wildman–Crippen MR) is 78.6 cm³/mol. The molecular weight excluding hydrogens is 305 g/mol. The molecule has 0 aliphatic carbocycles. The number of piperidine rings is 1. The van der Waals surface area contributed by atoms with Crippen LogP contribution in [0.4, 0.5) is 4.39 Å². The van der Waals surface area contributed by atoms with Gasteiger partial charge >= 0.3 is 11.9 Å². The Balaban J connectivity index is 2.37. The molecule has 1 saturated heterocycles. The first kappa shape index (κ1) is 16.9. The van der Waals surface area contributed by atoms with Gasteiger partial charge in [-0.1, -0.05) is 6.92 Å². The number of hydrogen-bond donors (Lipinski definition) is 1. The van der Waals surface area contributed by atoms with Crippen LogP contribution in [-0.2, 0) is 9.53 Å². The summed E-state index contributed by atoms with van der Waals surface area (Å²) >= 11 is 0. The minimum Gasteiger partial charge on any atom is -0.480 e. The summed E-state index contributed by atoms with van der Waals surface area (Å²) in [6.45, 7) is 2.05. The maximum absolute atomic E-state index is 13.7. The molecule has 0 spiro atoms. The van der Waals surface area contributed by atoms with Crippen LogP contribution < -0.4 is 0 Å². The molecule has 1 amide bonds. The van der Waals surface area contributed by atoms with Crippen molar-refractivity contribution in [1.82, 2.24) is 4.90 Å². The number of hydrogen-bond acceptors (Lipinski definition) is 4. The fraction of sp³-hybridized carbons (Fsp3) is 0.438. The smallest absolute Gasteiger partial charge is 0.337 e. The molecule has 7 heteroatoms. The Labute approximate surface area is 132 Å². The maximum Gasteiger partial charge on any atom is 0.337 e. The van der Waals surface area contributed by atoms with E-state index >= 15 is 0 Å². The molecule has 1 aromatic rings. The van der Waals surface area contributed by atoms with Crippen molar-refractivity contribution < 1.29 is 28.6 Å². The zero-order valence-corrected chi connectivity index (χ0v) is 12.9. The number of halogens is 1. The van der Waals surface area contributed by atoms with Gasteiger partial charge in [0.15, 0.2) is 0 Å². The van der Waals surface area contributed by atoms with Crippen LogP contribution in [0.2, 0.25) is 0 Å². The summed E-state index contributed by atoms with van der Waals surface area (Å²) in [6, 6.07) is 2.22. The van der Waals surface area contributed by atoms with Crippen LogP contribution in [0.15, 0.2) is 18.2 Å². The van der Waals surface area contributed by atoms with Gasteiger partial charge in [0.25, 0.3) is 5.91 Å². The number of ether oxygens (including phenoxy) is 1. The SMILES string of the molecule is COC(=O)c1cc(F)cc(C(=O)N2CCCC(C)C2C(=O)O)c1. The minimum atomic E-state index is -1.09. The van der Waals surface area contributed by atoms with E-state index in [2.05, 4.69) is 4.74 Å². The Hall–Kier alpha value is -2.44. The molecule has 0 saturated carbocycles. The summed E-state index contributed by atoms with van der Waals surface area (Å²) in [5, 5.41) is 9.37. The van der Waals surface area contributed by atoms with Crippen molar-refractivity contribution in [3.05, 3.63) is 35.1 Å². The van der Waals surface area contributed by atoms with Gasteiger partial charge in [-0.2, -0.15) is 0 Å². The van der Waals surface area contributed by atoms with Crippen molar-refractivity contribution in [2.45, 2.75) is 25.8 Å². The van der Waals surface area contributed by atoms with E-state index in [9.17, 15) is 23.9 Å². The highest BCUT2D eigenvalue weighted by molar-refractivity contribution is 5.99. The summed E-state index contributed by atoms with van der Waals surface area (Å²) in [4.78, 5) is 36.8. The number of likely N-dealkylation sites (tertiary alicyclic amines) is 1. The molecular formula is C16H18FNO5. The molecule has 1 heterocycles. The number of benzene rings is 1. The third kappa shape index (κ3) is 3.49. The van der Waals surface area contributed by atoms with Gasteiger partial charge in [0, 0.05) is 12.1 Å². The molecule has 1 fully saturated rings. The fourth-order valence-corrected chi connectivity index (χ4v) is 2.91. The van der Waals surface area contributed by atoms with E-state index in [-0.39, 0.29) is 23.6 Å². The number of carbonyl (C=O) groups excluding carboxylic acids is 2. The number of methoxy groups -OCH3 is 1.